The Morgan fingerprint density at radius 2 is 1.93 bits per heavy atom. The summed E-state index contributed by atoms with van der Waals surface area (Å²) in [5.41, 5.74) is 1.74. The first-order valence-corrected chi connectivity index (χ1v) is 10.2. The standard InChI is InChI=1S/C21H20N2O5S/c1-14-10-11-22(16-7-3-5-9-18(16)29-14)19(24)13-27-20(25)12-23-15-6-2-4-8-17(15)28-21(23)26/h2-9,14H,10-13H2,1H3/t14-/m0/s1. The number of carbonyl (C=O) groups excluding carboxylic acids is 2. The highest BCUT2D eigenvalue weighted by molar-refractivity contribution is 8.00. The Morgan fingerprint density at radius 1 is 1.17 bits per heavy atom. The van der Waals surface area contributed by atoms with Crippen molar-refractivity contribution in [1.82, 2.24) is 4.57 Å². The van der Waals surface area contributed by atoms with E-state index in [1.54, 1.807) is 40.9 Å². The molecule has 29 heavy (non-hydrogen) atoms. The Kier molecular flexibility index (Phi) is 5.44. The van der Waals surface area contributed by atoms with Gasteiger partial charge >= 0.3 is 11.7 Å². The topological polar surface area (TPSA) is 81.8 Å². The smallest absolute Gasteiger partial charge is 0.420 e. The number of oxazole rings is 1. The van der Waals surface area contributed by atoms with Crippen molar-refractivity contribution in [3.8, 4) is 0 Å². The van der Waals surface area contributed by atoms with E-state index >= 15 is 0 Å². The lowest BCUT2D eigenvalue weighted by atomic mass is 10.2. The monoisotopic (exact) mass is 412 g/mol. The molecule has 0 bridgehead atoms. The van der Waals surface area contributed by atoms with Crippen LogP contribution in [0.2, 0.25) is 0 Å². The van der Waals surface area contributed by atoms with Crippen molar-refractivity contribution in [3.05, 3.63) is 59.1 Å². The summed E-state index contributed by atoms with van der Waals surface area (Å²) in [5, 5.41) is 0.387. The number of nitrogens with zero attached hydrogens (tertiary/aromatic N) is 2. The lowest BCUT2D eigenvalue weighted by Gasteiger charge is -2.22. The normalized spacial score (nSPS) is 16.3. The highest BCUT2D eigenvalue weighted by Crippen LogP contribution is 2.37. The van der Waals surface area contributed by atoms with Gasteiger partial charge in [-0.25, -0.2) is 4.79 Å². The molecule has 0 aliphatic carbocycles. The van der Waals surface area contributed by atoms with Crippen LogP contribution in [-0.2, 0) is 20.9 Å². The molecule has 8 heteroatoms. The number of carbonyl (C=O) groups is 2. The number of thioether (sulfide) groups is 1. The Morgan fingerprint density at radius 3 is 2.79 bits per heavy atom. The summed E-state index contributed by atoms with van der Waals surface area (Å²) in [4.78, 5) is 39.7. The van der Waals surface area contributed by atoms with Gasteiger partial charge in [-0.15, -0.1) is 11.8 Å². The average Bonchev–Trinajstić information content (AvgIpc) is 2.91. The molecule has 2 heterocycles. The number of aromatic nitrogens is 1. The number of fused-ring (bicyclic) bond motifs is 2. The van der Waals surface area contributed by atoms with Crippen molar-refractivity contribution in [2.24, 2.45) is 0 Å². The molecule has 1 aromatic heterocycles. The predicted octanol–water partition coefficient (Wildman–Crippen LogP) is 3.06. The van der Waals surface area contributed by atoms with Gasteiger partial charge in [0, 0.05) is 16.7 Å². The van der Waals surface area contributed by atoms with Gasteiger partial charge in [-0.3, -0.25) is 14.2 Å². The van der Waals surface area contributed by atoms with Crippen molar-refractivity contribution in [1.29, 1.82) is 0 Å². The maximum Gasteiger partial charge on any atom is 0.420 e. The average molecular weight is 412 g/mol. The summed E-state index contributed by atoms with van der Waals surface area (Å²) in [7, 11) is 0. The van der Waals surface area contributed by atoms with Crippen LogP contribution in [0.15, 0.2) is 62.6 Å². The molecule has 1 atom stereocenters. The van der Waals surface area contributed by atoms with Gasteiger partial charge in [-0.2, -0.15) is 0 Å². The van der Waals surface area contributed by atoms with Gasteiger partial charge in [0.1, 0.15) is 6.54 Å². The van der Waals surface area contributed by atoms with E-state index in [9.17, 15) is 14.4 Å². The number of hydrogen-bond donors (Lipinski definition) is 0. The first-order chi connectivity index (χ1) is 14.0. The summed E-state index contributed by atoms with van der Waals surface area (Å²) in [5.74, 6) is -1.59. The molecule has 0 saturated heterocycles. The molecule has 0 saturated carbocycles. The summed E-state index contributed by atoms with van der Waals surface area (Å²) < 4.78 is 11.5. The minimum Gasteiger partial charge on any atom is -0.454 e. The molecular formula is C21H20N2O5S. The quantitative estimate of drug-likeness (QED) is 0.613. The lowest BCUT2D eigenvalue weighted by Crippen LogP contribution is -2.36. The zero-order valence-corrected chi connectivity index (χ0v) is 16.7. The van der Waals surface area contributed by atoms with E-state index < -0.39 is 11.7 Å². The van der Waals surface area contributed by atoms with Crippen LogP contribution in [0.4, 0.5) is 5.69 Å². The Labute approximate surface area is 171 Å². The van der Waals surface area contributed by atoms with Crippen molar-refractivity contribution >= 4 is 40.4 Å². The van der Waals surface area contributed by atoms with E-state index in [4.69, 9.17) is 9.15 Å². The number of hydrogen-bond acceptors (Lipinski definition) is 6. The fourth-order valence-electron chi connectivity index (χ4n) is 3.30. The second-order valence-corrected chi connectivity index (χ2v) is 8.29. The third kappa shape index (κ3) is 4.07. The summed E-state index contributed by atoms with van der Waals surface area (Å²) in [6.07, 6.45) is 0.843. The first kappa shape index (κ1) is 19.3. The van der Waals surface area contributed by atoms with E-state index in [2.05, 4.69) is 6.92 Å². The van der Waals surface area contributed by atoms with Crippen molar-refractivity contribution in [2.45, 2.75) is 30.0 Å². The minimum absolute atomic E-state index is 0.287. The van der Waals surface area contributed by atoms with E-state index in [1.165, 1.54) is 4.57 Å². The lowest BCUT2D eigenvalue weighted by molar-refractivity contribution is -0.148. The predicted molar refractivity (Wildman–Crippen MR) is 110 cm³/mol. The van der Waals surface area contributed by atoms with Gasteiger partial charge < -0.3 is 14.1 Å². The molecule has 0 spiro atoms. The fourth-order valence-corrected chi connectivity index (χ4v) is 4.42. The number of esters is 1. The zero-order chi connectivity index (χ0) is 20.4. The van der Waals surface area contributed by atoms with Gasteiger partial charge in [0.15, 0.2) is 12.2 Å². The number of amides is 1. The highest BCUT2D eigenvalue weighted by Gasteiger charge is 2.25. The Balaban J connectivity index is 1.44. The highest BCUT2D eigenvalue weighted by atomic mass is 32.2. The number of rotatable bonds is 4. The van der Waals surface area contributed by atoms with Gasteiger partial charge in [-0.1, -0.05) is 31.2 Å². The van der Waals surface area contributed by atoms with Gasteiger partial charge in [0.05, 0.1) is 11.2 Å². The van der Waals surface area contributed by atoms with Crippen LogP contribution in [0.1, 0.15) is 13.3 Å². The van der Waals surface area contributed by atoms with E-state index in [-0.39, 0.29) is 19.1 Å². The van der Waals surface area contributed by atoms with E-state index in [0.29, 0.717) is 22.9 Å². The van der Waals surface area contributed by atoms with Crippen LogP contribution in [0, 0.1) is 0 Å². The second-order valence-electron chi connectivity index (χ2n) is 6.81. The Hall–Kier alpha value is -3.00. The zero-order valence-electron chi connectivity index (χ0n) is 15.9. The van der Waals surface area contributed by atoms with Crippen LogP contribution in [0.25, 0.3) is 11.1 Å². The fraction of sp³-hybridized carbons (Fsp3) is 0.286. The van der Waals surface area contributed by atoms with Crippen LogP contribution in [0.3, 0.4) is 0 Å². The molecule has 7 nitrogen and oxygen atoms in total. The third-order valence-corrected chi connectivity index (χ3v) is 6.00. The van der Waals surface area contributed by atoms with Crippen molar-refractivity contribution in [2.75, 3.05) is 18.1 Å². The van der Waals surface area contributed by atoms with Crippen LogP contribution < -0.4 is 10.7 Å². The minimum atomic E-state index is -0.669. The third-order valence-electron chi connectivity index (χ3n) is 4.76. The molecule has 0 fully saturated rings. The van der Waals surface area contributed by atoms with Crippen LogP contribution in [0.5, 0.6) is 0 Å². The number of benzene rings is 2. The van der Waals surface area contributed by atoms with E-state index in [1.807, 2.05) is 24.3 Å². The van der Waals surface area contributed by atoms with Gasteiger partial charge in [-0.05, 0) is 30.7 Å². The number of ether oxygens (including phenoxy) is 1. The van der Waals surface area contributed by atoms with E-state index in [0.717, 1.165) is 17.0 Å². The van der Waals surface area contributed by atoms with Crippen molar-refractivity contribution in [3.63, 3.8) is 0 Å². The van der Waals surface area contributed by atoms with Crippen LogP contribution >= 0.6 is 11.8 Å². The molecule has 150 valence electrons. The molecular weight excluding hydrogens is 392 g/mol. The summed E-state index contributed by atoms with van der Waals surface area (Å²) in [6, 6.07) is 14.5. The molecule has 1 amide bonds. The number of anilines is 1. The maximum absolute atomic E-state index is 12.8. The molecule has 0 N–H and O–H groups in total. The van der Waals surface area contributed by atoms with Gasteiger partial charge in [0.25, 0.3) is 5.91 Å². The van der Waals surface area contributed by atoms with Crippen LogP contribution in [-0.4, -0.2) is 34.8 Å². The SMILES string of the molecule is C[C@H]1CCN(C(=O)COC(=O)Cn2c(=O)oc3ccccc32)c2ccccc2S1. The molecule has 4 rings (SSSR count). The molecule has 3 aromatic rings. The molecule has 0 unspecified atom stereocenters. The molecule has 2 aromatic carbocycles. The second kappa shape index (κ2) is 8.16. The molecule has 1 aliphatic heterocycles. The Bertz CT molecular complexity index is 1120. The van der Waals surface area contributed by atoms with Gasteiger partial charge in [0.2, 0.25) is 0 Å². The number of para-hydroxylation sites is 3. The maximum atomic E-state index is 12.8. The summed E-state index contributed by atoms with van der Waals surface area (Å²) >= 11 is 1.73. The largest absolute Gasteiger partial charge is 0.454 e. The first-order valence-electron chi connectivity index (χ1n) is 9.33. The summed E-state index contributed by atoms with van der Waals surface area (Å²) in [6.45, 7) is 2.00. The molecule has 0 radical (unpaired) electrons. The molecule has 1 aliphatic rings. The van der Waals surface area contributed by atoms with Crippen molar-refractivity contribution < 1.29 is 18.7 Å².